The first-order chi connectivity index (χ1) is 6.16. The topological polar surface area (TPSA) is 27.1 Å². The predicted octanol–water partition coefficient (Wildman–Crippen LogP) is 1.43. The quantitative estimate of drug-likeness (QED) is 0.674. The molecule has 1 aromatic rings. The van der Waals surface area contributed by atoms with Crippen molar-refractivity contribution in [3.63, 3.8) is 0 Å². The highest BCUT2D eigenvalue weighted by molar-refractivity contribution is 5.12. The first kappa shape index (κ1) is 9.45. The van der Waals surface area contributed by atoms with E-state index in [2.05, 4.69) is 9.84 Å². The number of hydrogen-bond acceptors (Lipinski definition) is 2. The van der Waals surface area contributed by atoms with Crippen molar-refractivity contribution in [1.82, 2.24) is 9.78 Å². The van der Waals surface area contributed by atoms with Gasteiger partial charge in [-0.2, -0.15) is 23.0 Å². The van der Waals surface area contributed by atoms with Crippen LogP contribution in [0.15, 0.2) is 6.20 Å². The van der Waals surface area contributed by atoms with Crippen LogP contribution in [0.1, 0.15) is 6.55 Å². The van der Waals surface area contributed by atoms with Crippen LogP contribution < -0.4 is 4.74 Å². The van der Waals surface area contributed by atoms with Crippen LogP contribution in [-0.4, -0.2) is 16.4 Å². The van der Waals surface area contributed by atoms with Crippen molar-refractivity contribution in [2.45, 2.75) is 6.55 Å². The second kappa shape index (κ2) is 3.85. The summed E-state index contributed by atoms with van der Waals surface area (Å²) in [5, 5.41) is 3.07. The van der Waals surface area contributed by atoms with Crippen molar-refractivity contribution in [2.24, 2.45) is 0 Å². The van der Waals surface area contributed by atoms with Gasteiger partial charge in [-0.3, -0.25) is 0 Å². The Morgan fingerprint density at radius 1 is 1.69 bits per heavy atom. The molecule has 0 amide bonds. The largest absolute Gasteiger partial charge is 0.462 e. The molecule has 0 atom stereocenters. The number of aromatic nitrogens is 2. The van der Waals surface area contributed by atoms with E-state index in [1.165, 1.54) is 0 Å². The summed E-state index contributed by atoms with van der Waals surface area (Å²) in [6.07, 6.45) is 5.44. The monoisotopic (exact) mass is 190 g/mol. The molecular formula is C7H5F3N2O. The van der Waals surface area contributed by atoms with Crippen LogP contribution in [0.2, 0.25) is 0 Å². The zero-order chi connectivity index (χ0) is 9.84. The van der Waals surface area contributed by atoms with Crippen LogP contribution >= 0.6 is 0 Å². The fraction of sp³-hybridized carbons (Fsp3) is 0.286. The molecular weight excluding hydrogens is 185 g/mol. The molecule has 0 spiro atoms. The summed E-state index contributed by atoms with van der Waals surface area (Å²) in [6.45, 7) is -3.23. The van der Waals surface area contributed by atoms with Gasteiger partial charge in [0.1, 0.15) is 0 Å². The number of ether oxygens (including phenoxy) is 1. The molecule has 0 saturated carbocycles. The fourth-order valence-corrected chi connectivity index (χ4v) is 0.714. The number of rotatable bonds is 3. The van der Waals surface area contributed by atoms with Gasteiger partial charge in [0, 0.05) is 0 Å². The molecule has 0 bridgehead atoms. The third kappa shape index (κ3) is 1.93. The van der Waals surface area contributed by atoms with Crippen LogP contribution in [0.25, 0.3) is 0 Å². The Kier molecular flexibility index (Phi) is 2.80. The van der Waals surface area contributed by atoms with Crippen LogP contribution in [-0.2, 0) is 0 Å². The van der Waals surface area contributed by atoms with Crippen molar-refractivity contribution >= 4 is 0 Å². The number of nitrogens with zero attached hydrogens (tertiary/aromatic N) is 2. The molecule has 0 aliphatic heterocycles. The SMILES string of the molecule is C#CCOc1c(F)cnn1C(F)F. The summed E-state index contributed by atoms with van der Waals surface area (Å²) in [7, 11) is 0. The lowest BCUT2D eigenvalue weighted by Gasteiger charge is -2.04. The molecule has 70 valence electrons. The van der Waals surface area contributed by atoms with E-state index in [1.807, 2.05) is 5.92 Å². The molecule has 0 aliphatic carbocycles. The molecule has 13 heavy (non-hydrogen) atoms. The maximum absolute atomic E-state index is 12.7. The maximum Gasteiger partial charge on any atom is 0.336 e. The maximum atomic E-state index is 12.7. The predicted molar refractivity (Wildman–Crippen MR) is 37.8 cm³/mol. The van der Waals surface area contributed by atoms with Crippen molar-refractivity contribution in [1.29, 1.82) is 0 Å². The molecule has 1 heterocycles. The van der Waals surface area contributed by atoms with Gasteiger partial charge in [0.05, 0.1) is 6.20 Å². The normalized spacial score (nSPS) is 10.1. The van der Waals surface area contributed by atoms with E-state index in [-0.39, 0.29) is 11.3 Å². The molecule has 6 heteroatoms. The minimum absolute atomic E-state index is 0.118. The lowest BCUT2D eigenvalue weighted by molar-refractivity contribution is 0.0458. The van der Waals surface area contributed by atoms with Gasteiger partial charge in [0.25, 0.3) is 5.88 Å². The molecule has 1 rings (SSSR count). The Morgan fingerprint density at radius 2 is 2.38 bits per heavy atom. The molecule has 0 aromatic carbocycles. The minimum Gasteiger partial charge on any atom is -0.462 e. The standard InChI is InChI=1S/C7H5F3N2O/c1-2-3-13-6-5(8)4-11-12(6)7(9)10/h1,4,7H,3H2. The van der Waals surface area contributed by atoms with Gasteiger partial charge in [-0.25, -0.2) is 0 Å². The Labute approximate surface area is 72.1 Å². The van der Waals surface area contributed by atoms with Gasteiger partial charge >= 0.3 is 6.55 Å². The third-order valence-electron chi connectivity index (χ3n) is 1.18. The highest BCUT2D eigenvalue weighted by Crippen LogP contribution is 2.22. The summed E-state index contributed by atoms with van der Waals surface area (Å²) >= 11 is 0. The van der Waals surface area contributed by atoms with Crippen molar-refractivity contribution < 1.29 is 17.9 Å². The van der Waals surface area contributed by atoms with E-state index in [9.17, 15) is 13.2 Å². The smallest absolute Gasteiger partial charge is 0.336 e. The van der Waals surface area contributed by atoms with E-state index in [0.29, 0.717) is 6.20 Å². The molecule has 3 nitrogen and oxygen atoms in total. The lowest BCUT2D eigenvalue weighted by Crippen LogP contribution is -2.06. The second-order valence-corrected chi connectivity index (χ2v) is 2.01. The summed E-state index contributed by atoms with van der Waals surface area (Å²) < 4.78 is 41.5. The number of halogens is 3. The van der Waals surface area contributed by atoms with E-state index >= 15 is 0 Å². The molecule has 0 unspecified atom stereocenters. The van der Waals surface area contributed by atoms with Gasteiger partial charge in [-0.1, -0.05) is 5.92 Å². The van der Waals surface area contributed by atoms with Gasteiger partial charge in [-0.15, -0.1) is 6.42 Å². The van der Waals surface area contributed by atoms with Gasteiger partial charge < -0.3 is 4.74 Å². The van der Waals surface area contributed by atoms with E-state index in [1.54, 1.807) is 0 Å². The summed E-state index contributed by atoms with van der Waals surface area (Å²) in [6, 6.07) is 0. The Bertz CT molecular complexity index is 329. The van der Waals surface area contributed by atoms with Gasteiger partial charge in [0.2, 0.25) is 5.82 Å². The fourth-order valence-electron chi connectivity index (χ4n) is 0.714. The zero-order valence-electron chi connectivity index (χ0n) is 6.38. The van der Waals surface area contributed by atoms with Crippen molar-refractivity contribution in [3.8, 4) is 18.2 Å². The number of hydrogen-bond donors (Lipinski definition) is 0. The first-order valence-corrected chi connectivity index (χ1v) is 3.24. The van der Waals surface area contributed by atoms with E-state index in [4.69, 9.17) is 6.42 Å². The van der Waals surface area contributed by atoms with Crippen LogP contribution in [0.5, 0.6) is 5.88 Å². The van der Waals surface area contributed by atoms with Gasteiger partial charge in [0.15, 0.2) is 6.61 Å². The van der Waals surface area contributed by atoms with Crippen LogP contribution in [0.3, 0.4) is 0 Å². The Morgan fingerprint density at radius 3 is 2.92 bits per heavy atom. The first-order valence-electron chi connectivity index (χ1n) is 3.24. The average molecular weight is 190 g/mol. The average Bonchev–Trinajstić information content (AvgIpc) is 2.43. The van der Waals surface area contributed by atoms with E-state index < -0.39 is 18.2 Å². The molecule has 0 saturated heterocycles. The lowest BCUT2D eigenvalue weighted by atomic mass is 10.6. The highest BCUT2D eigenvalue weighted by atomic mass is 19.3. The van der Waals surface area contributed by atoms with Crippen molar-refractivity contribution in [3.05, 3.63) is 12.0 Å². The van der Waals surface area contributed by atoms with Crippen molar-refractivity contribution in [2.75, 3.05) is 6.61 Å². The minimum atomic E-state index is -2.95. The summed E-state index contributed by atoms with van der Waals surface area (Å²) in [5.41, 5.74) is 0. The molecule has 1 aromatic heterocycles. The Balaban J connectivity index is 2.89. The van der Waals surface area contributed by atoms with Crippen LogP contribution in [0, 0.1) is 18.2 Å². The summed E-state index contributed by atoms with van der Waals surface area (Å²) in [4.78, 5) is 0. The zero-order valence-corrected chi connectivity index (χ0v) is 6.38. The highest BCUT2D eigenvalue weighted by Gasteiger charge is 2.18. The molecule has 0 fully saturated rings. The third-order valence-corrected chi connectivity index (χ3v) is 1.18. The summed E-state index contributed by atoms with van der Waals surface area (Å²) in [5.74, 6) is 0.417. The molecule has 0 aliphatic rings. The van der Waals surface area contributed by atoms with E-state index in [0.717, 1.165) is 0 Å². The molecule has 0 radical (unpaired) electrons. The number of terminal acetylenes is 1. The Hall–Kier alpha value is -1.64. The number of alkyl halides is 2. The van der Waals surface area contributed by atoms with Crippen LogP contribution in [0.4, 0.5) is 13.2 Å². The second-order valence-electron chi connectivity index (χ2n) is 2.01. The van der Waals surface area contributed by atoms with Gasteiger partial charge in [-0.05, 0) is 0 Å². The molecule has 0 N–H and O–H groups in total.